The Hall–Kier alpha value is -2.70. The van der Waals surface area contributed by atoms with E-state index in [2.05, 4.69) is 10.3 Å². The number of aromatic nitrogens is 2. The second-order valence-electron chi connectivity index (χ2n) is 9.75. The molecule has 30 heavy (non-hydrogen) atoms. The van der Waals surface area contributed by atoms with Gasteiger partial charge in [-0.2, -0.15) is 0 Å². The van der Waals surface area contributed by atoms with Gasteiger partial charge in [0.25, 0.3) is 5.56 Å². The average Bonchev–Trinajstić information content (AvgIpc) is 2.65. The van der Waals surface area contributed by atoms with Gasteiger partial charge in [-0.1, -0.05) is 6.07 Å². The molecule has 158 valence electrons. The number of carbonyl (C=O) groups excluding carboxylic acids is 2. The summed E-state index contributed by atoms with van der Waals surface area (Å²) in [6.07, 6.45) is 7.05. The van der Waals surface area contributed by atoms with Gasteiger partial charge in [0.05, 0.1) is 11.1 Å². The summed E-state index contributed by atoms with van der Waals surface area (Å²) in [4.78, 5) is 42.0. The summed E-state index contributed by atoms with van der Waals surface area (Å²) in [5.74, 6) is 0.670. The highest BCUT2D eigenvalue weighted by atomic mass is 16.5. The lowest BCUT2D eigenvalue weighted by atomic mass is 9.47. The first-order chi connectivity index (χ1) is 14.3. The third-order valence-corrected chi connectivity index (χ3v) is 7.23. The van der Waals surface area contributed by atoms with Crippen LogP contribution >= 0.6 is 0 Å². The predicted octanol–water partition coefficient (Wildman–Crippen LogP) is 2.52. The van der Waals surface area contributed by atoms with E-state index in [0.29, 0.717) is 29.6 Å². The van der Waals surface area contributed by atoms with Crippen LogP contribution in [0.15, 0.2) is 29.2 Å². The topological polar surface area (TPSA) is 89.8 Å². The van der Waals surface area contributed by atoms with Crippen molar-refractivity contribution >= 4 is 17.5 Å². The average molecular weight is 409 g/mol. The molecule has 1 N–H and O–H groups in total. The molecule has 0 spiro atoms. The number of hydrogen-bond donors (Lipinski definition) is 1. The van der Waals surface area contributed by atoms with E-state index < -0.39 is 5.41 Å². The standard InChI is InChI=1S/C23H27N3O4/c1-14-4-3-5-26-19(28)7-18(24-20(14)26)12-30-21(29)22-8-16-6-17(9-22)11-23(10-16,13-22)25-15(2)27/h3-5,7,16-17H,6,8-13H2,1-2H3,(H,25,27)/t16-,17+,22?,23?. The smallest absolute Gasteiger partial charge is 0.312 e. The summed E-state index contributed by atoms with van der Waals surface area (Å²) in [6.45, 7) is 3.44. The Labute approximate surface area is 174 Å². The number of aryl methyl sites for hydroxylation is 1. The molecule has 0 saturated heterocycles. The molecule has 2 aromatic heterocycles. The molecular weight excluding hydrogens is 382 g/mol. The van der Waals surface area contributed by atoms with Crippen molar-refractivity contribution in [3.8, 4) is 0 Å². The molecule has 4 aliphatic rings. The quantitative estimate of drug-likeness (QED) is 0.784. The van der Waals surface area contributed by atoms with Crippen LogP contribution in [0.3, 0.4) is 0 Å². The van der Waals surface area contributed by atoms with E-state index in [0.717, 1.165) is 37.7 Å². The first-order valence-electron chi connectivity index (χ1n) is 10.7. The van der Waals surface area contributed by atoms with Gasteiger partial charge in [0, 0.05) is 24.7 Å². The second kappa shape index (κ2) is 6.65. The molecule has 2 heterocycles. The van der Waals surface area contributed by atoms with Gasteiger partial charge in [-0.25, -0.2) is 4.98 Å². The van der Waals surface area contributed by atoms with Gasteiger partial charge in [0.1, 0.15) is 12.3 Å². The number of hydrogen-bond acceptors (Lipinski definition) is 5. The number of nitrogens with zero attached hydrogens (tertiary/aromatic N) is 2. The Kier molecular flexibility index (Phi) is 4.27. The lowest BCUT2D eigenvalue weighted by Crippen LogP contribution is -2.64. The Morgan fingerprint density at radius 1 is 1.27 bits per heavy atom. The Morgan fingerprint density at radius 3 is 2.70 bits per heavy atom. The van der Waals surface area contributed by atoms with Crippen molar-refractivity contribution in [1.82, 2.24) is 14.7 Å². The molecule has 0 radical (unpaired) electrons. The maximum absolute atomic E-state index is 13.3. The van der Waals surface area contributed by atoms with Crippen LogP contribution in [0, 0.1) is 24.2 Å². The summed E-state index contributed by atoms with van der Waals surface area (Å²) < 4.78 is 7.24. The van der Waals surface area contributed by atoms with Gasteiger partial charge >= 0.3 is 5.97 Å². The van der Waals surface area contributed by atoms with Crippen LogP contribution in [0.5, 0.6) is 0 Å². The molecule has 0 aromatic carbocycles. The number of ether oxygens (including phenoxy) is 1. The fourth-order valence-electron chi connectivity index (χ4n) is 6.70. The Bertz CT molecular complexity index is 1090. The maximum Gasteiger partial charge on any atom is 0.312 e. The number of esters is 1. The molecule has 7 heteroatoms. The van der Waals surface area contributed by atoms with Crippen molar-refractivity contribution in [2.24, 2.45) is 17.3 Å². The molecule has 4 bridgehead atoms. The number of pyridine rings is 1. The number of rotatable bonds is 4. The van der Waals surface area contributed by atoms with Crippen LogP contribution in [0.25, 0.3) is 5.65 Å². The van der Waals surface area contributed by atoms with Crippen molar-refractivity contribution < 1.29 is 14.3 Å². The van der Waals surface area contributed by atoms with Gasteiger partial charge in [-0.15, -0.1) is 0 Å². The molecule has 6 rings (SSSR count). The van der Waals surface area contributed by atoms with Gasteiger partial charge in [-0.05, 0) is 68.9 Å². The van der Waals surface area contributed by atoms with Crippen molar-refractivity contribution in [3.63, 3.8) is 0 Å². The molecule has 1 amide bonds. The van der Waals surface area contributed by atoms with E-state index in [-0.39, 0.29) is 29.6 Å². The second-order valence-corrected chi connectivity index (χ2v) is 9.75. The molecule has 4 fully saturated rings. The van der Waals surface area contributed by atoms with E-state index >= 15 is 0 Å². The highest BCUT2D eigenvalue weighted by Gasteiger charge is 2.61. The van der Waals surface area contributed by atoms with Gasteiger partial charge in [-0.3, -0.25) is 18.8 Å². The molecule has 4 aliphatic carbocycles. The van der Waals surface area contributed by atoms with E-state index in [1.165, 1.54) is 10.5 Å². The fraction of sp³-hybridized carbons (Fsp3) is 0.565. The zero-order valence-electron chi connectivity index (χ0n) is 17.4. The molecule has 4 saturated carbocycles. The SMILES string of the molecule is CC(=O)NC12C[C@H]3C[C@@H](C1)CC(C(=O)OCc1cc(=O)n4cccc(C)c4n1)(C3)C2. The largest absolute Gasteiger partial charge is 0.459 e. The third kappa shape index (κ3) is 3.11. The van der Waals surface area contributed by atoms with Crippen molar-refractivity contribution in [2.45, 2.75) is 64.5 Å². The zero-order valence-corrected chi connectivity index (χ0v) is 17.4. The van der Waals surface area contributed by atoms with Crippen LogP contribution in [-0.4, -0.2) is 26.8 Å². The highest BCUT2D eigenvalue weighted by Crippen LogP contribution is 2.62. The Balaban J connectivity index is 1.37. The van der Waals surface area contributed by atoms with E-state index in [1.54, 1.807) is 13.1 Å². The van der Waals surface area contributed by atoms with E-state index in [9.17, 15) is 14.4 Å². The van der Waals surface area contributed by atoms with Crippen LogP contribution in [-0.2, 0) is 20.9 Å². The lowest BCUT2D eigenvalue weighted by molar-refractivity contribution is -0.177. The van der Waals surface area contributed by atoms with Crippen LogP contribution < -0.4 is 10.9 Å². The minimum Gasteiger partial charge on any atom is -0.459 e. The minimum atomic E-state index is -0.533. The molecule has 2 aromatic rings. The third-order valence-electron chi connectivity index (χ3n) is 7.23. The molecule has 2 unspecified atom stereocenters. The monoisotopic (exact) mass is 409 g/mol. The van der Waals surface area contributed by atoms with Crippen LogP contribution in [0.4, 0.5) is 0 Å². The van der Waals surface area contributed by atoms with Gasteiger partial charge < -0.3 is 10.1 Å². The summed E-state index contributed by atoms with van der Waals surface area (Å²) in [5.41, 5.74) is 0.940. The molecule has 7 nitrogen and oxygen atoms in total. The van der Waals surface area contributed by atoms with Crippen molar-refractivity contribution in [2.75, 3.05) is 0 Å². The normalized spacial score (nSPS) is 31.7. The maximum atomic E-state index is 13.3. The zero-order chi connectivity index (χ0) is 21.1. The molecular formula is C23H27N3O4. The predicted molar refractivity (Wildman–Crippen MR) is 110 cm³/mol. The molecule has 4 atom stereocenters. The van der Waals surface area contributed by atoms with Crippen molar-refractivity contribution in [1.29, 1.82) is 0 Å². The lowest BCUT2D eigenvalue weighted by Gasteiger charge is -2.60. The number of nitrogens with one attached hydrogen (secondary N) is 1. The van der Waals surface area contributed by atoms with Crippen LogP contribution in [0.1, 0.15) is 56.7 Å². The number of fused-ring (bicyclic) bond motifs is 1. The number of amides is 1. The van der Waals surface area contributed by atoms with E-state index in [1.807, 2.05) is 19.1 Å². The summed E-state index contributed by atoms with van der Waals surface area (Å²) >= 11 is 0. The fourth-order valence-corrected chi connectivity index (χ4v) is 6.70. The van der Waals surface area contributed by atoms with Gasteiger partial charge in [0.15, 0.2) is 0 Å². The minimum absolute atomic E-state index is 0.0108. The number of carbonyl (C=O) groups is 2. The van der Waals surface area contributed by atoms with Gasteiger partial charge in [0.2, 0.25) is 5.91 Å². The van der Waals surface area contributed by atoms with Crippen LogP contribution in [0.2, 0.25) is 0 Å². The highest BCUT2D eigenvalue weighted by molar-refractivity contribution is 5.79. The summed E-state index contributed by atoms with van der Waals surface area (Å²) in [6, 6.07) is 5.13. The first kappa shape index (κ1) is 19.3. The van der Waals surface area contributed by atoms with Crippen molar-refractivity contribution in [3.05, 3.63) is 46.0 Å². The Morgan fingerprint density at radius 2 is 2.00 bits per heavy atom. The first-order valence-corrected chi connectivity index (χ1v) is 10.7. The molecule has 0 aliphatic heterocycles. The summed E-state index contributed by atoms with van der Waals surface area (Å²) in [7, 11) is 0. The van der Waals surface area contributed by atoms with E-state index in [4.69, 9.17) is 4.74 Å². The summed E-state index contributed by atoms with van der Waals surface area (Å²) in [5, 5.41) is 3.17.